The minimum Gasteiger partial charge on any atom is -0.466 e. The van der Waals surface area contributed by atoms with E-state index >= 15 is 0 Å². The van der Waals surface area contributed by atoms with Crippen molar-refractivity contribution in [2.75, 3.05) is 11.9 Å². The number of rotatable bonds is 4. The molecule has 0 saturated heterocycles. The van der Waals surface area contributed by atoms with Crippen LogP contribution in [0.2, 0.25) is 0 Å². The summed E-state index contributed by atoms with van der Waals surface area (Å²) in [6.07, 6.45) is 0.670. The number of carbonyl (C=O) groups excluding carboxylic acids is 2. The van der Waals surface area contributed by atoms with Gasteiger partial charge in [-0.2, -0.15) is 0 Å². The molecule has 0 unspecified atom stereocenters. The molecule has 0 amide bonds. The summed E-state index contributed by atoms with van der Waals surface area (Å²) in [6, 6.07) is 0. The second kappa shape index (κ2) is 4.03. The molecule has 12 heavy (non-hydrogen) atoms. The van der Waals surface area contributed by atoms with Gasteiger partial charge in [-0.3, -0.25) is 9.59 Å². The van der Waals surface area contributed by atoms with Crippen molar-refractivity contribution in [3.63, 3.8) is 0 Å². The van der Waals surface area contributed by atoms with Crippen LogP contribution in [0.5, 0.6) is 0 Å². The van der Waals surface area contributed by atoms with Crippen LogP contribution in [0.4, 0.5) is 0 Å². The Hall–Kier alpha value is -0.380. The third-order valence-electron chi connectivity index (χ3n) is 1.93. The van der Waals surface area contributed by atoms with E-state index in [0.29, 0.717) is 18.4 Å². The lowest BCUT2D eigenvalue weighted by Gasteiger charge is -1.98. The minimum absolute atomic E-state index is 0.0802. The summed E-state index contributed by atoms with van der Waals surface area (Å²) in [4.78, 5) is 22.1. The molecular weight excluding hydrogens is 224 g/mol. The van der Waals surface area contributed by atoms with Gasteiger partial charge in [-0.1, -0.05) is 15.9 Å². The van der Waals surface area contributed by atoms with Crippen LogP contribution in [0.25, 0.3) is 0 Å². The van der Waals surface area contributed by atoms with Gasteiger partial charge >= 0.3 is 5.97 Å². The molecule has 1 fully saturated rings. The van der Waals surface area contributed by atoms with Gasteiger partial charge in [-0.15, -0.1) is 0 Å². The van der Waals surface area contributed by atoms with Gasteiger partial charge in [-0.05, 0) is 13.3 Å². The van der Waals surface area contributed by atoms with Crippen LogP contribution < -0.4 is 0 Å². The highest BCUT2D eigenvalue weighted by molar-refractivity contribution is 9.09. The van der Waals surface area contributed by atoms with Crippen LogP contribution in [-0.4, -0.2) is 23.7 Å². The van der Waals surface area contributed by atoms with E-state index in [4.69, 9.17) is 4.74 Å². The number of alkyl halides is 1. The van der Waals surface area contributed by atoms with E-state index in [2.05, 4.69) is 15.9 Å². The van der Waals surface area contributed by atoms with Crippen LogP contribution in [0.1, 0.15) is 13.3 Å². The Morgan fingerprint density at radius 2 is 2.17 bits per heavy atom. The Labute approximate surface area is 79.6 Å². The van der Waals surface area contributed by atoms with Crippen LogP contribution in [-0.2, 0) is 14.3 Å². The molecule has 0 N–H and O–H groups in total. The Kier molecular flexibility index (Phi) is 3.26. The van der Waals surface area contributed by atoms with Crippen molar-refractivity contribution in [1.29, 1.82) is 0 Å². The highest BCUT2D eigenvalue weighted by Crippen LogP contribution is 2.40. The number of Topliss-reactive ketones (excluding diaryl/α,β-unsaturated/α-hetero) is 1. The average Bonchev–Trinajstić information content (AvgIpc) is 2.82. The van der Waals surface area contributed by atoms with Crippen LogP contribution in [0, 0.1) is 11.8 Å². The molecule has 0 aromatic rings. The molecule has 1 saturated carbocycles. The number of esters is 1. The highest BCUT2D eigenvalue weighted by atomic mass is 79.9. The fraction of sp³-hybridized carbons (Fsp3) is 0.750. The molecule has 0 radical (unpaired) electrons. The van der Waals surface area contributed by atoms with Crippen molar-refractivity contribution in [3.05, 3.63) is 0 Å². The van der Waals surface area contributed by atoms with Crippen LogP contribution >= 0.6 is 15.9 Å². The zero-order valence-corrected chi connectivity index (χ0v) is 8.46. The van der Waals surface area contributed by atoms with Gasteiger partial charge in [-0.25, -0.2) is 0 Å². The predicted octanol–water partition coefficient (Wildman–Crippen LogP) is 1.15. The maximum absolute atomic E-state index is 11.0. The third kappa shape index (κ3) is 2.06. The lowest BCUT2D eigenvalue weighted by atomic mass is 10.2. The van der Waals surface area contributed by atoms with Gasteiger partial charge in [0.15, 0.2) is 0 Å². The Morgan fingerprint density at radius 1 is 1.50 bits per heavy atom. The summed E-state index contributed by atoms with van der Waals surface area (Å²) >= 11 is 3.07. The monoisotopic (exact) mass is 234 g/mol. The molecular formula is C8H11BrO3. The Morgan fingerprint density at radius 3 is 2.67 bits per heavy atom. The largest absolute Gasteiger partial charge is 0.466 e. The van der Waals surface area contributed by atoms with Crippen molar-refractivity contribution in [1.82, 2.24) is 0 Å². The number of carbonyl (C=O) groups is 2. The van der Waals surface area contributed by atoms with Crippen molar-refractivity contribution in [2.45, 2.75) is 13.3 Å². The summed E-state index contributed by atoms with van der Waals surface area (Å²) in [5, 5.41) is 0.341. The third-order valence-corrected chi connectivity index (χ3v) is 2.48. The minimum atomic E-state index is -0.225. The number of hydrogen-bond donors (Lipinski definition) is 0. The molecule has 1 rings (SSSR count). The van der Waals surface area contributed by atoms with E-state index in [0.717, 1.165) is 0 Å². The van der Waals surface area contributed by atoms with E-state index in [1.54, 1.807) is 6.92 Å². The summed E-state index contributed by atoms with van der Waals surface area (Å²) in [5.41, 5.74) is 0. The second-order valence-electron chi connectivity index (χ2n) is 2.80. The summed E-state index contributed by atoms with van der Waals surface area (Å²) in [6.45, 7) is 2.16. The van der Waals surface area contributed by atoms with Gasteiger partial charge in [0.1, 0.15) is 5.78 Å². The first kappa shape index (κ1) is 9.71. The van der Waals surface area contributed by atoms with E-state index < -0.39 is 0 Å². The van der Waals surface area contributed by atoms with E-state index in [9.17, 15) is 9.59 Å². The SMILES string of the molecule is CCOC(=O)[C@@H]1C[C@H]1C(=O)CBr. The first-order chi connectivity index (χ1) is 5.70. The molecule has 0 aromatic heterocycles. The van der Waals surface area contributed by atoms with Crippen molar-refractivity contribution in [3.8, 4) is 0 Å². The number of hydrogen-bond acceptors (Lipinski definition) is 3. The van der Waals surface area contributed by atoms with Crippen molar-refractivity contribution in [2.24, 2.45) is 11.8 Å². The molecule has 68 valence electrons. The predicted molar refractivity (Wildman–Crippen MR) is 47.0 cm³/mol. The van der Waals surface area contributed by atoms with Gasteiger partial charge in [0, 0.05) is 5.92 Å². The summed E-state index contributed by atoms with van der Waals surface area (Å²) in [5.74, 6) is -0.358. The van der Waals surface area contributed by atoms with E-state index in [1.165, 1.54) is 0 Å². The molecule has 0 bridgehead atoms. The molecule has 2 atom stereocenters. The fourth-order valence-corrected chi connectivity index (χ4v) is 1.58. The molecule has 0 spiro atoms. The lowest BCUT2D eigenvalue weighted by Crippen LogP contribution is -2.12. The molecule has 1 aliphatic carbocycles. The van der Waals surface area contributed by atoms with Crippen molar-refractivity contribution >= 4 is 27.7 Å². The maximum atomic E-state index is 11.0. The summed E-state index contributed by atoms with van der Waals surface area (Å²) in [7, 11) is 0. The molecule has 4 heteroatoms. The quantitative estimate of drug-likeness (QED) is 0.542. The number of ketones is 1. The lowest BCUT2D eigenvalue weighted by molar-refractivity contribution is -0.145. The van der Waals surface area contributed by atoms with Crippen LogP contribution in [0.3, 0.4) is 0 Å². The topological polar surface area (TPSA) is 43.4 Å². The van der Waals surface area contributed by atoms with E-state index in [1.807, 2.05) is 0 Å². The second-order valence-corrected chi connectivity index (χ2v) is 3.36. The number of ether oxygens (including phenoxy) is 1. The molecule has 0 aromatic carbocycles. The average molecular weight is 235 g/mol. The van der Waals surface area contributed by atoms with Gasteiger partial charge < -0.3 is 4.74 Å². The first-order valence-electron chi connectivity index (χ1n) is 3.96. The molecule has 0 heterocycles. The summed E-state index contributed by atoms with van der Waals surface area (Å²) < 4.78 is 4.78. The van der Waals surface area contributed by atoms with Crippen molar-refractivity contribution < 1.29 is 14.3 Å². The molecule has 1 aliphatic rings. The fourth-order valence-electron chi connectivity index (χ4n) is 1.16. The zero-order chi connectivity index (χ0) is 9.14. The standard InChI is InChI=1S/C8H11BrO3/c1-2-12-8(11)6-3-5(6)7(10)4-9/h5-6H,2-4H2,1H3/t5-,6-/m1/s1. The van der Waals surface area contributed by atoms with E-state index in [-0.39, 0.29) is 23.6 Å². The number of halogens is 1. The normalized spacial score (nSPS) is 26.5. The Balaban J connectivity index is 2.32. The smallest absolute Gasteiger partial charge is 0.309 e. The van der Waals surface area contributed by atoms with Gasteiger partial charge in [0.2, 0.25) is 0 Å². The maximum Gasteiger partial charge on any atom is 0.309 e. The molecule has 3 nitrogen and oxygen atoms in total. The zero-order valence-electron chi connectivity index (χ0n) is 6.88. The van der Waals surface area contributed by atoms with Gasteiger partial charge in [0.25, 0.3) is 0 Å². The molecule has 0 aliphatic heterocycles. The highest BCUT2D eigenvalue weighted by Gasteiger charge is 2.48. The Bertz CT molecular complexity index is 202. The van der Waals surface area contributed by atoms with Crippen LogP contribution in [0.15, 0.2) is 0 Å². The first-order valence-corrected chi connectivity index (χ1v) is 5.08. The van der Waals surface area contributed by atoms with Gasteiger partial charge in [0.05, 0.1) is 17.9 Å².